The van der Waals surface area contributed by atoms with Crippen LogP contribution in [0.4, 0.5) is 16.2 Å². The van der Waals surface area contributed by atoms with Crippen LogP contribution >= 0.6 is 0 Å². The van der Waals surface area contributed by atoms with Crippen molar-refractivity contribution in [1.29, 1.82) is 0 Å². The number of nitrogens with zero attached hydrogens (tertiary/aromatic N) is 7. The summed E-state index contributed by atoms with van der Waals surface area (Å²) in [5.74, 6) is 1.03. The molecule has 0 bridgehead atoms. The molecule has 184 valence electrons. The summed E-state index contributed by atoms with van der Waals surface area (Å²) in [5.41, 5.74) is 4.29. The number of fused-ring (bicyclic) bond motifs is 1. The molecular formula is C26H30BFN8. The minimum Gasteiger partial charge on any atom is -0.322 e. The van der Waals surface area contributed by atoms with Gasteiger partial charge < -0.3 is 14.8 Å². The highest BCUT2D eigenvalue weighted by Crippen LogP contribution is 2.43. The molecule has 1 aliphatic heterocycles. The first-order chi connectivity index (χ1) is 17.6. The summed E-state index contributed by atoms with van der Waals surface area (Å²) in [7, 11) is 1.98. The zero-order valence-electron chi connectivity index (χ0n) is 20.8. The Morgan fingerprint density at radius 3 is 2.56 bits per heavy atom. The molecule has 1 aromatic carbocycles. The van der Waals surface area contributed by atoms with Crippen molar-refractivity contribution >= 4 is 30.7 Å². The number of halogens is 1. The standard InChI is InChI=1S/C26H30BFN8/c1-2-34-9-11-35(12-10-34)16-17-3-8-23(29-14-17)31-26-30-15-21(28)24(32-26)19-6-7-22-20(13-19)25(18-4-5-18)36(27)33-22/h3,6-8,13-15,18H,2,4-5,9-12,16,27H2,1H3,(H,29,30,31,32). The third-order valence-electron chi connectivity index (χ3n) is 7.24. The Labute approximate surface area is 211 Å². The summed E-state index contributed by atoms with van der Waals surface area (Å²) in [6.45, 7) is 8.60. The fourth-order valence-electron chi connectivity index (χ4n) is 5.06. The van der Waals surface area contributed by atoms with Gasteiger partial charge in [-0.3, -0.25) is 4.90 Å². The Balaban J connectivity index is 1.18. The Morgan fingerprint density at radius 1 is 1.03 bits per heavy atom. The van der Waals surface area contributed by atoms with Crippen LogP contribution in [0.5, 0.6) is 0 Å². The van der Waals surface area contributed by atoms with Crippen LogP contribution in [0, 0.1) is 5.82 Å². The minimum absolute atomic E-state index is 0.267. The lowest BCUT2D eigenvalue weighted by Crippen LogP contribution is -2.45. The van der Waals surface area contributed by atoms with Crippen LogP contribution in [0.3, 0.4) is 0 Å². The monoisotopic (exact) mass is 484 g/mol. The number of hydrogen-bond donors (Lipinski definition) is 1. The molecule has 0 spiro atoms. The fourth-order valence-corrected chi connectivity index (χ4v) is 5.06. The molecule has 36 heavy (non-hydrogen) atoms. The molecule has 2 aliphatic rings. The van der Waals surface area contributed by atoms with Gasteiger partial charge in [0, 0.05) is 61.5 Å². The minimum atomic E-state index is -0.455. The number of piperazine rings is 1. The lowest BCUT2D eigenvalue weighted by Gasteiger charge is -2.33. The van der Waals surface area contributed by atoms with Crippen molar-refractivity contribution in [2.45, 2.75) is 32.2 Å². The predicted octanol–water partition coefficient (Wildman–Crippen LogP) is 3.18. The Morgan fingerprint density at radius 2 is 1.83 bits per heavy atom. The van der Waals surface area contributed by atoms with Crippen molar-refractivity contribution in [2.75, 3.05) is 38.0 Å². The molecule has 1 N–H and O–H groups in total. The van der Waals surface area contributed by atoms with Crippen molar-refractivity contribution < 1.29 is 4.39 Å². The van der Waals surface area contributed by atoms with Crippen LogP contribution < -0.4 is 5.32 Å². The highest BCUT2D eigenvalue weighted by atomic mass is 19.1. The van der Waals surface area contributed by atoms with Crippen LogP contribution in [-0.4, -0.2) is 75.1 Å². The van der Waals surface area contributed by atoms with E-state index in [9.17, 15) is 4.39 Å². The average Bonchev–Trinajstić information content (AvgIpc) is 3.68. The molecule has 1 aliphatic carbocycles. The number of rotatable bonds is 7. The zero-order valence-corrected chi connectivity index (χ0v) is 20.8. The predicted molar refractivity (Wildman–Crippen MR) is 142 cm³/mol. The van der Waals surface area contributed by atoms with E-state index in [4.69, 9.17) is 0 Å². The van der Waals surface area contributed by atoms with Gasteiger partial charge in [0.25, 0.3) is 0 Å². The largest absolute Gasteiger partial charge is 0.322 e. The summed E-state index contributed by atoms with van der Waals surface area (Å²) in [6.07, 6.45) is 5.45. The zero-order chi connectivity index (χ0) is 24.6. The molecule has 6 rings (SSSR count). The summed E-state index contributed by atoms with van der Waals surface area (Å²) in [6, 6.07) is 9.80. The van der Waals surface area contributed by atoms with Gasteiger partial charge >= 0.3 is 0 Å². The molecule has 4 aromatic rings. The first-order valence-electron chi connectivity index (χ1n) is 12.7. The van der Waals surface area contributed by atoms with Gasteiger partial charge in [-0.05, 0) is 43.1 Å². The molecule has 10 heteroatoms. The smallest absolute Gasteiger partial charge is 0.249 e. The Hall–Kier alpha value is -3.37. The van der Waals surface area contributed by atoms with Crippen LogP contribution in [-0.2, 0) is 6.54 Å². The SMILES string of the molecule is Bn1nc2ccc(-c3nc(Nc4ccc(CN5CCN(CC)CC5)cn4)ncc3F)cc2c1C1CC1. The molecule has 0 amide bonds. The van der Waals surface area contributed by atoms with Crippen molar-refractivity contribution in [3.05, 3.63) is 59.8 Å². The first kappa shape index (κ1) is 23.1. The highest BCUT2D eigenvalue weighted by Gasteiger charge is 2.29. The van der Waals surface area contributed by atoms with Crippen molar-refractivity contribution in [3.63, 3.8) is 0 Å². The highest BCUT2D eigenvalue weighted by molar-refractivity contribution is 6.08. The topological polar surface area (TPSA) is 75.0 Å². The number of benzene rings is 1. The third-order valence-corrected chi connectivity index (χ3v) is 7.24. The quantitative estimate of drug-likeness (QED) is 0.404. The first-order valence-corrected chi connectivity index (χ1v) is 12.7. The molecule has 0 unspecified atom stereocenters. The van der Waals surface area contributed by atoms with E-state index < -0.39 is 5.82 Å². The molecule has 4 heterocycles. The lowest BCUT2D eigenvalue weighted by atomic mass is 10.1. The van der Waals surface area contributed by atoms with E-state index in [0.717, 1.165) is 50.2 Å². The third kappa shape index (κ3) is 4.70. The van der Waals surface area contributed by atoms with Gasteiger partial charge in [-0.1, -0.05) is 19.1 Å². The summed E-state index contributed by atoms with van der Waals surface area (Å²) in [5, 5.41) is 8.82. The van der Waals surface area contributed by atoms with Gasteiger partial charge in [0.15, 0.2) is 5.82 Å². The molecular weight excluding hydrogens is 454 g/mol. The maximum absolute atomic E-state index is 14.8. The summed E-state index contributed by atoms with van der Waals surface area (Å²) >= 11 is 0. The van der Waals surface area contributed by atoms with Gasteiger partial charge in [-0.15, -0.1) is 0 Å². The van der Waals surface area contributed by atoms with Gasteiger partial charge in [-0.25, -0.2) is 19.3 Å². The molecule has 0 radical (unpaired) electrons. The van der Waals surface area contributed by atoms with E-state index in [2.05, 4.69) is 48.2 Å². The second-order valence-corrected chi connectivity index (χ2v) is 9.79. The summed E-state index contributed by atoms with van der Waals surface area (Å²) < 4.78 is 16.8. The van der Waals surface area contributed by atoms with Crippen molar-refractivity contribution in [1.82, 2.24) is 34.4 Å². The van der Waals surface area contributed by atoms with Gasteiger partial charge in [0.1, 0.15) is 11.5 Å². The van der Waals surface area contributed by atoms with Gasteiger partial charge in [0.2, 0.25) is 13.9 Å². The van der Waals surface area contributed by atoms with Crippen molar-refractivity contribution in [3.8, 4) is 11.3 Å². The van der Waals surface area contributed by atoms with Crippen LogP contribution in [0.15, 0.2) is 42.7 Å². The van der Waals surface area contributed by atoms with Crippen LogP contribution in [0.1, 0.15) is 36.9 Å². The second kappa shape index (κ2) is 9.59. The number of likely N-dealkylation sites (N-methyl/N-ethyl adjacent to an activating group) is 1. The van der Waals surface area contributed by atoms with E-state index >= 15 is 0 Å². The number of nitrogens with one attached hydrogen (secondary N) is 1. The van der Waals surface area contributed by atoms with Crippen LogP contribution in [0.2, 0.25) is 0 Å². The number of anilines is 2. The normalized spacial score (nSPS) is 17.1. The Bertz CT molecular complexity index is 1380. The van der Waals surface area contributed by atoms with Gasteiger partial charge in [-0.2, -0.15) is 5.10 Å². The van der Waals surface area contributed by atoms with E-state index in [0.29, 0.717) is 23.2 Å². The van der Waals surface area contributed by atoms with Crippen molar-refractivity contribution in [2.24, 2.45) is 0 Å². The maximum Gasteiger partial charge on any atom is 0.249 e. The molecule has 1 saturated heterocycles. The fraction of sp³-hybridized carbons (Fsp3) is 0.385. The Kier molecular flexibility index (Phi) is 6.14. The lowest BCUT2D eigenvalue weighted by molar-refractivity contribution is 0.132. The number of pyridine rings is 1. The number of aromatic nitrogens is 5. The molecule has 0 atom stereocenters. The molecule has 2 fully saturated rings. The van der Waals surface area contributed by atoms with Crippen LogP contribution in [0.25, 0.3) is 22.2 Å². The van der Waals surface area contributed by atoms with E-state index in [1.807, 2.05) is 43.0 Å². The maximum atomic E-state index is 14.8. The molecule has 1 saturated carbocycles. The van der Waals surface area contributed by atoms with E-state index in [1.165, 1.54) is 30.3 Å². The van der Waals surface area contributed by atoms with E-state index in [-0.39, 0.29) is 5.69 Å². The average molecular weight is 484 g/mol. The number of hydrogen-bond acceptors (Lipinski definition) is 7. The van der Waals surface area contributed by atoms with E-state index in [1.54, 1.807) is 0 Å². The van der Waals surface area contributed by atoms with Gasteiger partial charge in [0.05, 0.1) is 11.7 Å². The summed E-state index contributed by atoms with van der Waals surface area (Å²) in [4.78, 5) is 18.1. The molecule has 8 nitrogen and oxygen atoms in total. The second-order valence-electron chi connectivity index (χ2n) is 9.79. The molecule has 3 aromatic heterocycles.